The maximum Gasteiger partial charge on any atom is 0.416 e. The van der Waals surface area contributed by atoms with Crippen molar-refractivity contribution in [2.75, 3.05) is 0 Å². The average Bonchev–Trinajstić information content (AvgIpc) is 3.09. The van der Waals surface area contributed by atoms with E-state index in [1.165, 1.54) is 48.5 Å². The van der Waals surface area contributed by atoms with Crippen LogP contribution >= 0.6 is 0 Å². The number of nitro benzene ring substituents is 1. The summed E-state index contributed by atoms with van der Waals surface area (Å²) in [5.41, 5.74) is -1.09. The number of halogens is 3. The summed E-state index contributed by atoms with van der Waals surface area (Å²) in [5.74, 6) is -2.83. The third-order valence-corrected chi connectivity index (χ3v) is 5.71. The van der Waals surface area contributed by atoms with Crippen LogP contribution in [0.25, 0.3) is 5.76 Å². The van der Waals surface area contributed by atoms with Gasteiger partial charge in [-0.15, -0.1) is 0 Å². The molecule has 1 amide bonds. The van der Waals surface area contributed by atoms with E-state index in [9.17, 15) is 43.1 Å². The number of hydrogen-bond acceptors (Lipinski definition) is 6. The number of benzene rings is 3. The first-order valence-corrected chi connectivity index (χ1v) is 10.5. The fourth-order valence-corrected chi connectivity index (χ4v) is 3.99. The molecule has 1 unspecified atom stereocenters. The lowest BCUT2D eigenvalue weighted by Gasteiger charge is -2.25. The van der Waals surface area contributed by atoms with Gasteiger partial charge in [-0.3, -0.25) is 19.7 Å². The number of Topliss-reactive ketones (excluding diaryl/α,β-unsaturated/α-hetero) is 1. The highest BCUT2D eigenvalue weighted by Crippen LogP contribution is 2.41. The van der Waals surface area contributed by atoms with Crippen molar-refractivity contribution in [3.8, 4) is 5.75 Å². The summed E-state index contributed by atoms with van der Waals surface area (Å²) in [6, 6.07) is 13.2. The van der Waals surface area contributed by atoms with E-state index in [4.69, 9.17) is 0 Å². The van der Waals surface area contributed by atoms with Gasteiger partial charge in [0.2, 0.25) is 0 Å². The molecule has 0 spiro atoms. The smallest absolute Gasteiger partial charge is 0.416 e. The number of alkyl halides is 3. The van der Waals surface area contributed by atoms with Crippen LogP contribution < -0.4 is 0 Å². The largest absolute Gasteiger partial charge is 0.508 e. The molecule has 1 atom stereocenters. The number of carbonyl (C=O) groups excluding carboxylic acids is 2. The second-order valence-electron chi connectivity index (χ2n) is 8.02. The summed E-state index contributed by atoms with van der Waals surface area (Å²) >= 11 is 0. The van der Waals surface area contributed by atoms with Gasteiger partial charge >= 0.3 is 6.18 Å². The number of aliphatic hydroxyl groups is 1. The SMILES string of the molecule is O=C1C(=O)N(Cc2cccc(C(F)(F)F)c2)C(c2ccc(O)cc2)/C1=C(\O)c1ccc([N+](=O)[O-])cc1. The number of likely N-dealkylation sites (tertiary alicyclic amines) is 1. The molecule has 4 rings (SSSR count). The summed E-state index contributed by atoms with van der Waals surface area (Å²) in [7, 11) is 0. The van der Waals surface area contributed by atoms with Gasteiger partial charge in [-0.05, 0) is 47.5 Å². The van der Waals surface area contributed by atoms with Gasteiger partial charge in [-0.2, -0.15) is 13.2 Å². The lowest BCUT2D eigenvalue weighted by atomic mass is 9.95. The molecule has 1 aliphatic heterocycles. The first-order chi connectivity index (χ1) is 17.0. The molecular formula is C25H17F3N2O6. The number of carbonyl (C=O) groups is 2. The number of phenols is 1. The van der Waals surface area contributed by atoms with Gasteiger partial charge in [0.1, 0.15) is 11.5 Å². The van der Waals surface area contributed by atoms with Gasteiger partial charge in [-0.25, -0.2) is 0 Å². The Morgan fingerprint density at radius 1 is 1.00 bits per heavy atom. The molecule has 0 radical (unpaired) electrons. The van der Waals surface area contributed by atoms with Crippen molar-refractivity contribution < 1.29 is 37.9 Å². The van der Waals surface area contributed by atoms with Gasteiger partial charge in [0, 0.05) is 24.2 Å². The van der Waals surface area contributed by atoms with Crippen LogP contribution in [-0.4, -0.2) is 31.7 Å². The van der Waals surface area contributed by atoms with E-state index in [1.54, 1.807) is 0 Å². The normalized spacial score (nSPS) is 17.4. The highest BCUT2D eigenvalue weighted by atomic mass is 19.4. The molecule has 1 fully saturated rings. The van der Waals surface area contributed by atoms with Crippen LogP contribution in [-0.2, 0) is 22.3 Å². The van der Waals surface area contributed by atoms with Crippen LogP contribution in [0.15, 0.2) is 78.4 Å². The maximum atomic E-state index is 13.2. The van der Waals surface area contributed by atoms with Gasteiger partial charge in [0.05, 0.1) is 22.1 Å². The van der Waals surface area contributed by atoms with E-state index in [0.29, 0.717) is 5.56 Å². The molecule has 0 aliphatic carbocycles. The van der Waals surface area contributed by atoms with Crippen molar-refractivity contribution in [2.45, 2.75) is 18.8 Å². The fraction of sp³-hybridized carbons (Fsp3) is 0.120. The quantitative estimate of drug-likeness (QED) is 0.169. The van der Waals surface area contributed by atoms with Crippen molar-refractivity contribution in [2.24, 2.45) is 0 Å². The van der Waals surface area contributed by atoms with Gasteiger partial charge in [0.15, 0.2) is 0 Å². The Morgan fingerprint density at radius 2 is 1.64 bits per heavy atom. The lowest BCUT2D eigenvalue weighted by molar-refractivity contribution is -0.384. The third kappa shape index (κ3) is 4.63. The van der Waals surface area contributed by atoms with E-state index < -0.39 is 40.2 Å². The summed E-state index contributed by atoms with van der Waals surface area (Å²) in [4.78, 5) is 37.3. The van der Waals surface area contributed by atoms with Gasteiger partial charge in [0.25, 0.3) is 17.4 Å². The molecule has 11 heteroatoms. The zero-order valence-corrected chi connectivity index (χ0v) is 18.3. The van der Waals surface area contributed by atoms with Gasteiger partial charge < -0.3 is 15.1 Å². The minimum absolute atomic E-state index is 0.0291. The predicted molar refractivity (Wildman–Crippen MR) is 120 cm³/mol. The topological polar surface area (TPSA) is 121 Å². The van der Waals surface area contributed by atoms with E-state index in [1.807, 2.05) is 0 Å². The number of ketones is 1. The van der Waals surface area contributed by atoms with Crippen LogP contribution in [0.2, 0.25) is 0 Å². The minimum Gasteiger partial charge on any atom is -0.508 e. The Balaban J connectivity index is 1.82. The molecule has 3 aromatic rings. The molecule has 8 nitrogen and oxygen atoms in total. The first kappa shape index (κ1) is 24.5. The number of aromatic hydroxyl groups is 1. The number of nitro groups is 1. The average molecular weight is 498 g/mol. The lowest BCUT2D eigenvalue weighted by Crippen LogP contribution is -2.29. The molecule has 36 heavy (non-hydrogen) atoms. The molecule has 0 bridgehead atoms. The van der Waals surface area contributed by atoms with Crippen LogP contribution in [0.4, 0.5) is 18.9 Å². The molecule has 1 saturated heterocycles. The Bertz CT molecular complexity index is 1380. The number of amides is 1. The Morgan fingerprint density at radius 3 is 2.22 bits per heavy atom. The number of hydrogen-bond donors (Lipinski definition) is 2. The molecule has 2 N–H and O–H groups in total. The van der Waals surface area contributed by atoms with E-state index in [2.05, 4.69) is 0 Å². The second kappa shape index (κ2) is 9.17. The molecule has 1 heterocycles. The van der Waals surface area contributed by atoms with Crippen molar-refractivity contribution in [3.63, 3.8) is 0 Å². The van der Waals surface area contributed by atoms with Crippen molar-refractivity contribution in [1.82, 2.24) is 4.90 Å². The van der Waals surface area contributed by atoms with Crippen LogP contribution in [0, 0.1) is 10.1 Å². The number of non-ortho nitro benzene ring substituents is 1. The zero-order chi connectivity index (χ0) is 26.2. The Kier molecular flexibility index (Phi) is 6.23. The number of nitrogens with zero attached hydrogens (tertiary/aromatic N) is 2. The van der Waals surface area contributed by atoms with Crippen LogP contribution in [0.1, 0.15) is 28.3 Å². The van der Waals surface area contributed by atoms with Crippen LogP contribution in [0.5, 0.6) is 5.75 Å². The number of phenolic OH excluding ortho intramolecular Hbond substituents is 1. The standard InChI is InChI=1S/C25H17F3N2O6/c26-25(27,28)17-3-1-2-14(12-17)13-29-21(15-6-10-19(31)11-7-15)20(23(33)24(29)34)22(32)16-4-8-18(9-5-16)30(35)36/h1-12,21,31-32H,13H2/b22-20+. The summed E-state index contributed by atoms with van der Waals surface area (Å²) in [6.07, 6.45) is -4.61. The Labute approximate surface area is 201 Å². The fourth-order valence-electron chi connectivity index (χ4n) is 3.99. The highest BCUT2D eigenvalue weighted by Gasteiger charge is 2.46. The van der Waals surface area contributed by atoms with Crippen molar-refractivity contribution >= 4 is 23.1 Å². The third-order valence-electron chi connectivity index (χ3n) is 5.71. The summed E-state index contributed by atoms with van der Waals surface area (Å²) in [5, 5.41) is 31.6. The van der Waals surface area contributed by atoms with Crippen LogP contribution in [0.3, 0.4) is 0 Å². The van der Waals surface area contributed by atoms with Crippen molar-refractivity contribution in [3.05, 3.63) is 111 Å². The first-order valence-electron chi connectivity index (χ1n) is 10.5. The molecule has 0 aromatic heterocycles. The zero-order valence-electron chi connectivity index (χ0n) is 18.3. The molecular weight excluding hydrogens is 481 g/mol. The monoisotopic (exact) mass is 498 g/mol. The minimum atomic E-state index is -4.61. The summed E-state index contributed by atoms with van der Waals surface area (Å²) < 4.78 is 39.6. The number of rotatable bonds is 5. The van der Waals surface area contributed by atoms with E-state index >= 15 is 0 Å². The molecule has 0 saturated carbocycles. The van der Waals surface area contributed by atoms with Gasteiger partial charge in [-0.1, -0.05) is 24.3 Å². The molecule has 184 valence electrons. The summed E-state index contributed by atoms with van der Waals surface area (Å²) in [6.45, 7) is -0.378. The predicted octanol–water partition coefficient (Wildman–Crippen LogP) is 4.94. The second-order valence-corrected chi connectivity index (χ2v) is 8.02. The maximum absolute atomic E-state index is 13.2. The van der Waals surface area contributed by atoms with E-state index in [0.717, 1.165) is 29.2 Å². The molecule has 3 aromatic carbocycles. The van der Waals surface area contributed by atoms with Crippen molar-refractivity contribution in [1.29, 1.82) is 0 Å². The van der Waals surface area contributed by atoms with E-state index in [-0.39, 0.29) is 34.7 Å². The number of aliphatic hydroxyl groups excluding tert-OH is 1. The molecule has 1 aliphatic rings. The Hall–Kier alpha value is -4.67. The highest BCUT2D eigenvalue weighted by molar-refractivity contribution is 6.46.